The van der Waals surface area contributed by atoms with Crippen molar-refractivity contribution in [3.63, 3.8) is 0 Å². The molecule has 2 aromatic rings. The molecule has 1 fully saturated rings. The SMILES string of the molecule is CC[C@@H](C)Oc1ccc(/C=C2\SC(=O)N(Cc3ccc(C)cc3)C2=O)cc1OC. The van der Waals surface area contributed by atoms with E-state index >= 15 is 0 Å². The fourth-order valence-electron chi connectivity index (χ4n) is 2.84. The van der Waals surface area contributed by atoms with Crippen molar-refractivity contribution >= 4 is 29.0 Å². The van der Waals surface area contributed by atoms with Crippen molar-refractivity contribution in [1.29, 1.82) is 0 Å². The van der Waals surface area contributed by atoms with Gasteiger partial charge in [-0.15, -0.1) is 0 Å². The Kier molecular flexibility index (Phi) is 6.64. The number of hydrogen-bond acceptors (Lipinski definition) is 5. The Morgan fingerprint density at radius 3 is 2.48 bits per heavy atom. The second-order valence-electron chi connectivity index (χ2n) is 7.00. The molecule has 0 bridgehead atoms. The van der Waals surface area contributed by atoms with Crippen molar-refractivity contribution in [3.8, 4) is 11.5 Å². The van der Waals surface area contributed by atoms with Crippen molar-refractivity contribution in [2.45, 2.75) is 39.8 Å². The van der Waals surface area contributed by atoms with Gasteiger partial charge in [0.05, 0.1) is 24.7 Å². The standard InChI is InChI=1S/C23H25NO4S/c1-5-16(3)28-19-11-10-18(12-20(19)27-4)13-21-22(25)24(23(26)29-21)14-17-8-6-15(2)7-9-17/h6-13,16H,5,14H2,1-4H3/b21-13-/t16-/m1/s1. The normalized spacial score (nSPS) is 16.4. The minimum atomic E-state index is -0.278. The number of carbonyl (C=O) groups excluding carboxylic acids is 2. The highest BCUT2D eigenvalue weighted by Crippen LogP contribution is 2.35. The van der Waals surface area contributed by atoms with Gasteiger partial charge in [0, 0.05) is 0 Å². The summed E-state index contributed by atoms with van der Waals surface area (Å²) in [4.78, 5) is 26.8. The number of methoxy groups -OCH3 is 1. The van der Waals surface area contributed by atoms with E-state index < -0.39 is 0 Å². The van der Waals surface area contributed by atoms with Gasteiger partial charge < -0.3 is 9.47 Å². The van der Waals surface area contributed by atoms with Gasteiger partial charge in [-0.1, -0.05) is 42.8 Å². The zero-order valence-corrected chi connectivity index (χ0v) is 17.9. The summed E-state index contributed by atoms with van der Waals surface area (Å²) in [6.45, 7) is 6.32. The number of ether oxygens (including phenoxy) is 2. The van der Waals surface area contributed by atoms with E-state index in [0.717, 1.165) is 34.9 Å². The molecule has 1 saturated heterocycles. The Morgan fingerprint density at radius 1 is 1.10 bits per heavy atom. The average Bonchev–Trinajstić information content (AvgIpc) is 2.97. The molecule has 0 N–H and O–H groups in total. The third kappa shape index (κ3) is 5.01. The second kappa shape index (κ2) is 9.18. The predicted molar refractivity (Wildman–Crippen MR) is 116 cm³/mol. The molecule has 3 rings (SSSR count). The summed E-state index contributed by atoms with van der Waals surface area (Å²) < 4.78 is 11.3. The molecule has 0 radical (unpaired) electrons. The van der Waals surface area contributed by atoms with Crippen molar-refractivity contribution in [2.24, 2.45) is 0 Å². The summed E-state index contributed by atoms with van der Waals surface area (Å²) in [5.41, 5.74) is 2.84. The number of thioether (sulfide) groups is 1. The molecule has 0 aromatic heterocycles. The number of hydrogen-bond donors (Lipinski definition) is 0. The van der Waals surface area contributed by atoms with E-state index in [2.05, 4.69) is 6.92 Å². The molecule has 0 saturated carbocycles. The number of benzene rings is 2. The monoisotopic (exact) mass is 411 g/mol. The maximum absolute atomic E-state index is 12.8. The molecule has 5 nitrogen and oxygen atoms in total. The van der Waals surface area contributed by atoms with Gasteiger partial charge >= 0.3 is 0 Å². The maximum atomic E-state index is 12.8. The first kappa shape index (κ1) is 21.0. The molecule has 1 atom stereocenters. The van der Waals surface area contributed by atoms with Crippen LogP contribution in [-0.2, 0) is 11.3 Å². The summed E-state index contributed by atoms with van der Waals surface area (Å²) >= 11 is 0.957. The van der Waals surface area contributed by atoms with Crippen LogP contribution < -0.4 is 9.47 Å². The summed E-state index contributed by atoms with van der Waals surface area (Å²) in [7, 11) is 1.58. The fourth-order valence-corrected chi connectivity index (χ4v) is 3.67. The first-order chi connectivity index (χ1) is 13.9. The smallest absolute Gasteiger partial charge is 0.293 e. The third-order valence-corrected chi connectivity index (χ3v) is 5.63. The van der Waals surface area contributed by atoms with Gasteiger partial charge in [0.1, 0.15) is 0 Å². The van der Waals surface area contributed by atoms with Crippen LogP contribution in [0.2, 0.25) is 0 Å². The van der Waals surface area contributed by atoms with Gasteiger partial charge in [-0.05, 0) is 61.4 Å². The van der Waals surface area contributed by atoms with E-state index in [1.54, 1.807) is 13.2 Å². The van der Waals surface area contributed by atoms with Gasteiger partial charge in [0.15, 0.2) is 11.5 Å². The Morgan fingerprint density at radius 2 is 1.83 bits per heavy atom. The zero-order valence-electron chi connectivity index (χ0n) is 17.1. The van der Waals surface area contributed by atoms with Gasteiger partial charge in [-0.25, -0.2) is 0 Å². The van der Waals surface area contributed by atoms with Gasteiger partial charge in [0.25, 0.3) is 11.1 Å². The van der Waals surface area contributed by atoms with E-state index in [1.165, 1.54) is 4.90 Å². The molecule has 0 unspecified atom stereocenters. The molecule has 6 heteroatoms. The first-order valence-electron chi connectivity index (χ1n) is 9.57. The lowest BCUT2D eigenvalue weighted by atomic mass is 10.1. The number of nitrogens with zero attached hydrogens (tertiary/aromatic N) is 1. The second-order valence-corrected chi connectivity index (χ2v) is 7.99. The van der Waals surface area contributed by atoms with Crippen LogP contribution in [0.5, 0.6) is 11.5 Å². The van der Waals surface area contributed by atoms with Crippen LogP contribution in [0.4, 0.5) is 4.79 Å². The van der Waals surface area contributed by atoms with Gasteiger partial charge in [-0.3, -0.25) is 14.5 Å². The molecule has 0 spiro atoms. The summed E-state index contributed by atoms with van der Waals surface area (Å²) in [6.07, 6.45) is 2.68. The lowest BCUT2D eigenvalue weighted by molar-refractivity contribution is -0.123. The summed E-state index contributed by atoms with van der Waals surface area (Å²) in [5.74, 6) is 0.976. The van der Waals surface area contributed by atoms with Crippen LogP contribution in [0.1, 0.15) is 37.0 Å². The Balaban J connectivity index is 1.79. The maximum Gasteiger partial charge on any atom is 0.293 e. The molecule has 0 aliphatic carbocycles. The van der Waals surface area contributed by atoms with Crippen LogP contribution >= 0.6 is 11.8 Å². The van der Waals surface area contributed by atoms with E-state index in [4.69, 9.17) is 9.47 Å². The van der Waals surface area contributed by atoms with Crippen molar-refractivity contribution in [3.05, 3.63) is 64.1 Å². The lowest BCUT2D eigenvalue weighted by Gasteiger charge is -2.15. The van der Waals surface area contributed by atoms with Crippen LogP contribution in [0, 0.1) is 6.92 Å². The topological polar surface area (TPSA) is 55.8 Å². The van der Waals surface area contributed by atoms with Crippen LogP contribution in [0.15, 0.2) is 47.4 Å². The van der Waals surface area contributed by atoms with Gasteiger partial charge in [-0.2, -0.15) is 0 Å². The summed E-state index contributed by atoms with van der Waals surface area (Å²) in [6, 6.07) is 13.3. The van der Waals surface area contributed by atoms with Crippen LogP contribution in [0.3, 0.4) is 0 Å². The van der Waals surface area contributed by atoms with E-state index in [-0.39, 0.29) is 23.8 Å². The molecule has 1 heterocycles. The Hall–Kier alpha value is -2.73. The number of carbonyl (C=O) groups is 2. The van der Waals surface area contributed by atoms with Crippen molar-refractivity contribution < 1.29 is 19.1 Å². The number of imide groups is 1. The molecule has 29 heavy (non-hydrogen) atoms. The lowest BCUT2D eigenvalue weighted by Crippen LogP contribution is -2.27. The average molecular weight is 412 g/mol. The molecule has 2 amide bonds. The molecule has 2 aromatic carbocycles. The molecular weight excluding hydrogens is 386 g/mol. The molecule has 152 valence electrons. The predicted octanol–water partition coefficient (Wildman–Crippen LogP) is 5.42. The Bertz CT molecular complexity index is 936. The van der Waals surface area contributed by atoms with E-state index in [0.29, 0.717) is 16.4 Å². The fraction of sp³-hybridized carbons (Fsp3) is 0.304. The number of rotatable bonds is 7. The first-order valence-corrected chi connectivity index (χ1v) is 10.4. The number of amides is 2. The van der Waals surface area contributed by atoms with E-state index in [1.807, 2.05) is 56.3 Å². The van der Waals surface area contributed by atoms with E-state index in [9.17, 15) is 9.59 Å². The largest absolute Gasteiger partial charge is 0.493 e. The molecule has 1 aliphatic rings. The quantitative estimate of drug-likeness (QED) is 0.570. The Labute approximate surface area is 175 Å². The minimum absolute atomic E-state index is 0.0769. The van der Waals surface area contributed by atoms with Gasteiger partial charge in [0.2, 0.25) is 0 Å². The van der Waals surface area contributed by atoms with Crippen LogP contribution in [0.25, 0.3) is 6.08 Å². The minimum Gasteiger partial charge on any atom is -0.493 e. The van der Waals surface area contributed by atoms with Crippen molar-refractivity contribution in [1.82, 2.24) is 4.90 Å². The highest BCUT2D eigenvalue weighted by Gasteiger charge is 2.35. The molecular formula is C23H25NO4S. The third-order valence-electron chi connectivity index (χ3n) is 4.72. The zero-order chi connectivity index (χ0) is 21.0. The highest BCUT2D eigenvalue weighted by molar-refractivity contribution is 8.18. The highest BCUT2D eigenvalue weighted by atomic mass is 32.2. The van der Waals surface area contributed by atoms with Crippen LogP contribution in [-0.4, -0.2) is 29.3 Å². The number of aryl methyl sites for hydroxylation is 1. The van der Waals surface area contributed by atoms with Crippen molar-refractivity contribution in [2.75, 3.05) is 7.11 Å². The molecule has 1 aliphatic heterocycles. The summed E-state index contributed by atoms with van der Waals surface area (Å²) in [5, 5.41) is -0.259.